The van der Waals surface area contributed by atoms with Crippen LogP contribution in [0.5, 0.6) is 0 Å². The van der Waals surface area contributed by atoms with E-state index in [1.165, 1.54) is 0 Å². The van der Waals surface area contributed by atoms with Crippen molar-refractivity contribution in [2.24, 2.45) is 0 Å². The number of hydrogen-bond acceptors (Lipinski definition) is 2. The molecule has 0 aliphatic heterocycles. The lowest BCUT2D eigenvalue weighted by Crippen LogP contribution is -2.23. The molecule has 0 fully saturated rings. The van der Waals surface area contributed by atoms with Crippen molar-refractivity contribution in [2.75, 3.05) is 0 Å². The molecule has 1 N–H and O–H groups in total. The SMILES string of the molecule is C=C(Br)CC(=O)NOCc1ccccc1. The predicted octanol–water partition coefficient (Wildman–Crippen LogP) is 2.53. The summed E-state index contributed by atoms with van der Waals surface area (Å²) >= 11 is 3.10. The maximum atomic E-state index is 11.1. The maximum Gasteiger partial charge on any atom is 0.248 e. The topological polar surface area (TPSA) is 38.3 Å². The minimum Gasteiger partial charge on any atom is -0.272 e. The van der Waals surface area contributed by atoms with E-state index >= 15 is 0 Å². The van der Waals surface area contributed by atoms with E-state index in [1.807, 2.05) is 30.3 Å². The number of carbonyl (C=O) groups excluding carboxylic acids is 1. The minimum atomic E-state index is -0.215. The Kier molecular flexibility index (Phi) is 5.07. The lowest BCUT2D eigenvalue weighted by molar-refractivity contribution is -0.133. The molecule has 0 radical (unpaired) electrons. The average Bonchev–Trinajstić information content (AvgIpc) is 2.18. The van der Waals surface area contributed by atoms with Crippen molar-refractivity contribution >= 4 is 21.8 Å². The standard InChI is InChI=1S/C11H12BrNO2/c1-9(12)7-11(14)13-15-8-10-5-3-2-4-6-10/h2-6H,1,7-8H2,(H,13,14). The second-order valence-corrected chi connectivity index (χ2v) is 4.12. The summed E-state index contributed by atoms with van der Waals surface area (Å²) < 4.78 is 0.628. The molecule has 3 nitrogen and oxygen atoms in total. The van der Waals surface area contributed by atoms with Crippen LogP contribution >= 0.6 is 15.9 Å². The number of amides is 1. The second-order valence-electron chi connectivity index (χ2n) is 2.99. The molecule has 1 aromatic carbocycles. The van der Waals surface area contributed by atoms with Gasteiger partial charge in [0.25, 0.3) is 0 Å². The fourth-order valence-electron chi connectivity index (χ4n) is 0.984. The van der Waals surface area contributed by atoms with Gasteiger partial charge >= 0.3 is 0 Å². The Morgan fingerprint density at radius 3 is 2.67 bits per heavy atom. The van der Waals surface area contributed by atoms with Crippen LogP contribution in [0.1, 0.15) is 12.0 Å². The molecule has 0 bridgehead atoms. The normalized spacial score (nSPS) is 9.67. The third-order valence-electron chi connectivity index (χ3n) is 1.62. The number of rotatable bonds is 5. The van der Waals surface area contributed by atoms with Crippen molar-refractivity contribution < 1.29 is 9.63 Å². The fourth-order valence-corrected chi connectivity index (χ4v) is 1.24. The van der Waals surface area contributed by atoms with Crippen LogP contribution in [0.25, 0.3) is 0 Å². The summed E-state index contributed by atoms with van der Waals surface area (Å²) in [4.78, 5) is 16.1. The Morgan fingerprint density at radius 2 is 2.07 bits per heavy atom. The van der Waals surface area contributed by atoms with E-state index in [4.69, 9.17) is 4.84 Å². The Balaban J connectivity index is 2.22. The lowest BCUT2D eigenvalue weighted by atomic mass is 10.2. The minimum absolute atomic E-state index is 0.215. The molecular formula is C11H12BrNO2. The molecule has 1 aromatic rings. The van der Waals surface area contributed by atoms with Gasteiger partial charge in [0.15, 0.2) is 0 Å². The van der Waals surface area contributed by atoms with Gasteiger partial charge in [0.05, 0.1) is 13.0 Å². The van der Waals surface area contributed by atoms with Crippen molar-refractivity contribution in [2.45, 2.75) is 13.0 Å². The van der Waals surface area contributed by atoms with Crippen LogP contribution < -0.4 is 5.48 Å². The molecule has 0 aliphatic rings. The van der Waals surface area contributed by atoms with Crippen molar-refractivity contribution in [1.82, 2.24) is 5.48 Å². The second kappa shape index (κ2) is 6.37. The van der Waals surface area contributed by atoms with Gasteiger partial charge in [-0.3, -0.25) is 9.63 Å². The molecule has 0 saturated carbocycles. The first-order chi connectivity index (χ1) is 7.18. The molecule has 0 saturated heterocycles. The van der Waals surface area contributed by atoms with Gasteiger partial charge in [-0.15, -0.1) is 0 Å². The molecule has 0 aliphatic carbocycles. The Morgan fingerprint density at radius 1 is 1.40 bits per heavy atom. The van der Waals surface area contributed by atoms with Gasteiger partial charge in [-0.2, -0.15) is 0 Å². The van der Waals surface area contributed by atoms with Crippen LogP contribution in [0, 0.1) is 0 Å². The molecule has 1 amide bonds. The van der Waals surface area contributed by atoms with E-state index in [0.29, 0.717) is 11.1 Å². The number of hydroxylamine groups is 1. The predicted molar refractivity (Wildman–Crippen MR) is 62.1 cm³/mol. The van der Waals surface area contributed by atoms with Crippen LogP contribution in [0.4, 0.5) is 0 Å². The Labute approximate surface area is 97.2 Å². The first-order valence-electron chi connectivity index (χ1n) is 4.46. The molecule has 15 heavy (non-hydrogen) atoms. The zero-order valence-corrected chi connectivity index (χ0v) is 9.79. The summed E-state index contributed by atoms with van der Waals surface area (Å²) in [7, 11) is 0. The highest BCUT2D eigenvalue weighted by atomic mass is 79.9. The number of halogens is 1. The number of hydrogen-bond donors (Lipinski definition) is 1. The molecule has 0 unspecified atom stereocenters. The van der Waals surface area contributed by atoms with Gasteiger partial charge in [-0.25, -0.2) is 5.48 Å². The van der Waals surface area contributed by atoms with Crippen LogP contribution in [0.3, 0.4) is 0 Å². The van der Waals surface area contributed by atoms with Crippen LogP contribution in [0.15, 0.2) is 41.4 Å². The highest BCUT2D eigenvalue weighted by Crippen LogP contribution is 2.05. The molecule has 80 valence electrons. The largest absolute Gasteiger partial charge is 0.272 e. The van der Waals surface area contributed by atoms with Crippen LogP contribution in [-0.2, 0) is 16.2 Å². The van der Waals surface area contributed by atoms with E-state index in [2.05, 4.69) is 28.0 Å². The highest BCUT2D eigenvalue weighted by molar-refractivity contribution is 9.11. The van der Waals surface area contributed by atoms with E-state index in [9.17, 15) is 4.79 Å². The summed E-state index contributed by atoms with van der Waals surface area (Å²) in [6, 6.07) is 9.61. The van der Waals surface area contributed by atoms with Crippen molar-refractivity contribution in [3.63, 3.8) is 0 Å². The molecule has 0 heterocycles. The summed E-state index contributed by atoms with van der Waals surface area (Å²) in [6.45, 7) is 3.92. The van der Waals surface area contributed by atoms with Crippen LogP contribution in [0.2, 0.25) is 0 Å². The fraction of sp³-hybridized carbons (Fsp3) is 0.182. The van der Waals surface area contributed by atoms with Gasteiger partial charge in [-0.05, 0) is 10.0 Å². The van der Waals surface area contributed by atoms with Crippen molar-refractivity contribution in [3.8, 4) is 0 Å². The third kappa shape index (κ3) is 5.34. The summed E-state index contributed by atoms with van der Waals surface area (Å²) in [5.41, 5.74) is 3.34. The molecule has 1 rings (SSSR count). The van der Waals surface area contributed by atoms with Gasteiger partial charge < -0.3 is 0 Å². The Hall–Kier alpha value is -1.13. The Bertz CT molecular complexity index is 338. The van der Waals surface area contributed by atoms with Gasteiger partial charge in [-0.1, -0.05) is 52.8 Å². The number of carbonyl (C=O) groups is 1. The van der Waals surface area contributed by atoms with Crippen LogP contribution in [-0.4, -0.2) is 5.91 Å². The maximum absolute atomic E-state index is 11.1. The average molecular weight is 270 g/mol. The first kappa shape index (κ1) is 11.9. The summed E-state index contributed by atoms with van der Waals surface area (Å²) in [5.74, 6) is -0.215. The molecule has 4 heteroatoms. The quantitative estimate of drug-likeness (QED) is 0.835. The zero-order chi connectivity index (χ0) is 11.1. The molecule has 0 aromatic heterocycles. The van der Waals surface area contributed by atoms with Gasteiger partial charge in [0.1, 0.15) is 0 Å². The monoisotopic (exact) mass is 269 g/mol. The van der Waals surface area contributed by atoms with Gasteiger partial charge in [0, 0.05) is 0 Å². The summed E-state index contributed by atoms with van der Waals surface area (Å²) in [6.07, 6.45) is 0.217. The van der Waals surface area contributed by atoms with Gasteiger partial charge in [0.2, 0.25) is 5.91 Å². The zero-order valence-electron chi connectivity index (χ0n) is 8.20. The lowest BCUT2D eigenvalue weighted by Gasteiger charge is -2.05. The first-order valence-corrected chi connectivity index (χ1v) is 5.25. The van der Waals surface area contributed by atoms with E-state index < -0.39 is 0 Å². The smallest absolute Gasteiger partial charge is 0.248 e. The molecule has 0 spiro atoms. The van der Waals surface area contributed by atoms with Crippen molar-refractivity contribution in [3.05, 3.63) is 47.0 Å². The third-order valence-corrected chi connectivity index (χ3v) is 1.90. The van der Waals surface area contributed by atoms with E-state index in [0.717, 1.165) is 5.56 Å². The summed E-state index contributed by atoms with van der Waals surface area (Å²) in [5, 5.41) is 0. The van der Waals surface area contributed by atoms with E-state index in [-0.39, 0.29) is 12.3 Å². The van der Waals surface area contributed by atoms with Crippen molar-refractivity contribution in [1.29, 1.82) is 0 Å². The van der Waals surface area contributed by atoms with E-state index in [1.54, 1.807) is 0 Å². The highest BCUT2D eigenvalue weighted by Gasteiger charge is 2.01. The molecular weight excluding hydrogens is 258 g/mol. The number of nitrogens with one attached hydrogen (secondary N) is 1. The molecule has 0 atom stereocenters. The number of benzene rings is 1.